The lowest BCUT2D eigenvalue weighted by atomic mass is 10.1. The van der Waals surface area contributed by atoms with Gasteiger partial charge in [-0.1, -0.05) is 19.3 Å². The Labute approximate surface area is 113 Å². The standard InChI is InChI=1S/C13H23NO3S/c1-2-17-13(16)11-18-10-12(15)14-8-6-4-3-5-7-9-14/h2-11H2,1H3. The van der Waals surface area contributed by atoms with E-state index in [4.69, 9.17) is 4.74 Å². The molecule has 0 spiro atoms. The topological polar surface area (TPSA) is 46.6 Å². The Bertz CT molecular complexity index is 263. The summed E-state index contributed by atoms with van der Waals surface area (Å²) in [5.41, 5.74) is 0. The fourth-order valence-corrected chi connectivity index (χ4v) is 2.72. The molecule has 0 aromatic heterocycles. The van der Waals surface area contributed by atoms with E-state index in [1.54, 1.807) is 6.92 Å². The van der Waals surface area contributed by atoms with Crippen LogP contribution in [0, 0.1) is 0 Å². The Morgan fingerprint density at radius 1 is 1.06 bits per heavy atom. The second kappa shape index (κ2) is 9.25. The van der Waals surface area contributed by atoms with E-state index in [-0.39, 0.29) is 17.6 Å². The zero-order valence-corrected chi connectivity index (χ0v) is 12.0. The molecule has 0 aromatic rings. The van der Waals surface area contributed by atoms with E-state index < -0.39 is 0 Å². The van der Waals surface area contributed by atoms with Crippen LogP contribution in [0.5, 0.6) is 0 Å². The van der Waals surface area contributed by atoms with Crippen molar-refractivity contribution in [1.29, 1.82) is 0 Å². The van der Waals surface area contributed by atoms with Crippen molar-refractivity contribution in [1.82, 2.24) is 4.90 Å². The molecule has 1 amide bonds. The second-order valence-electron chi connectivity index (χ2n) is 4.45. The first-order valence-corrected chi connectivity index (χ1v) is 7.90. The summed E-state index contributed by atoms with van der Waals surface area (Å²) in [6, 6.07) is 0. The van der Waals surface area contributed by atoms with Crippen molar-refractivity contribution in [2.45, 2.75) is 39.0 Å². The second-order valence-corrected chi connectivity index (χ2v) is 5.43. The van der Waals surface area contributed by atoms with Gasteiger partial charge in [0.15, 0.2) is 0 Å². The van der Waals surface area contributed by atoms with Gasteiger partial charge in [-0.15, -0.1) is 11.8 Å². The fraction of sp³-hybridized carbons (Fsp3) is 0.846. The molecule has 1 heterocycles. The molecule has 0 saturated carbocycles. The summed E-state index contributed by atoms with van der Waals surface area (Å²) >= 11 is 1.35. The number of nitrogens with zero attached hydrogens (tertiary/aromatic N) is 1. The van der Waals surface area contributed by atoms with Gasteiger partial charge in [0.2, 0.25) is 5.91 Å². The highest BCUT2D eigenvalue weighted by atomic mass is 32.2. The van der Waals surface area contributed by atoms with Gasteiger partial charge in [0.1, 0.15) is 0 Å². The molecule has 1 fully saturated rings. The third kappa shape index (κ3) is 6.28. The third-order valence-electron chi connectivity index (χ3n) is 2.96. The zero-order chi connectivity index (χ0) is 13.2. The number of hydrogen-bond donors (Lipinski definition) is 0. The van der Waals surface area contributed by atoms with Crippen LogP contribution >= 0.6 is 11.8 Å². The molecule has 104 valence electrons. The average Bonchev–Trinajstić information content (AvgIpc) is 2.28. The summed E-state index contributed by atoms with van der Waals surface area (Å²) in [5, 5.41) is 0. The molecule has 0 aliphatic carbocycles. The first-order valence-electron chi connectivity index (χ1n) is 6.75. The Balaban J connectivity index is 2.19. The number of thioether (sulfide) groups is 1. The van der Waals surface area contributed by atoms with Crippen molar-refractivity contribution < 1.29 is 14.3 Å². The molecule has 1 saturated heterocycles. The van der Waals surface area contributed by atoms with Crippen LogP contribution in [0.4, 0.5) is 0 Å². The number of carbonyl (C=O) groups excluding carboxylic acids is 2. The van der Waals surface area contributed by atoms with Gasteiger partial charge >= 0.3 is 5.97 Å². The summed E-state index contributed by atoms with van der Waals surface area (Å²) in [7, 11) is 0. The maximum Gasteiger partial charge on any atom is 0.315 e. The summed E-state index contributed by atoms with van der Waals surface area (Å²) in [5.74, 6) is 0.584. The Hall–Kier alpha value is -0.710. The molecule has 0 atom stereocenters. The van der Waals surface area contributed by atoms with Crippen LogP contribution in [-0.2, 0) is 14.3 Å². The van der Waals surface area contributed by atoms with Crippen molar-refractivity contribution in [3.8, 4) is 0 Å². The van der Waals surface area contributed by atoms with Crippen molar-refractivity contribution in [3.05, 3.63) is 0 Å². The maximum absolute atomic E-state index is 12.0. The maximum atomic E-state index is 12.0. The van der Waals surface area contributed by atoms with Gasteiger partial charge in [0.05, 0.1) is 18.1 Å². The minimum Gasteiger partial charge on any atom is -0.465 e. The predicted molar refractivity (Wildman–Crippen MR) is 73.6 cm³/mol. The molecule has 0 N–H and O–H groups in total. The number of rotatable bonds is 5. The van der Waals surface area contributed by atoms with Gasteiger partial charge in [-0.3, -0.25) is 9.59 Å². The molecular formula is C13H23NO3S. The molecule has 1 rings (SSSR count). The van der Waals surface area contributed by atoms with Crippen molar-refractivity contribution in [3.63, 3.8) is 0 Å². The minimum absolute atomic E-state index is 0.159. The lowest BCUT2D eigenvalue weighted by Crippen LogP contribution is -2.35. The molecule has 0 radical (unpaired) electrons. The molecule has 1 aliphatic rings. The van der Waals surface area contributed by atoms with E-state index in [1.165, 1.54) is 31.0 Å². The highest BCUT2D eigenvalue weighted by Gasteiger charge is 2.15. The van der Waals surface area contributed by atoms with E-state index in [0.717, 1.165) is 25.9 Å². The van der Waals surface area contributed by atoms with Crippen molar-refractivity contribution in [2.24, 2.45) is 0 Å². The number of likely N-dealkylation sites (tertiary alicyclic amines) is 1. The van der Waals surface area contributed by atoms with Gasteiger partial charge < -0.3 is 9.64 Å². The molecule has 4 nitrogen and oxygen atoms in total. The highest BCUT2D eigenvalue weighted by Crippen LogP contribution is 2.12. The van der Waals surface area contributed by atoms with Gasteiger partial charge in [0, 0.05) is 13.1 Å². The van der Waals surface area contributed by atoms with Crippen LogP contribution in [0.1, 0.15) is 39.0 Å². The largest absolute Gasteiger partial charge is 0.465 e. The van der Waals surface area contributed by atoms with Crippen LogP contribution in [0.2, 0.25) is 0 Å². The summed E-state index contributed by atoms with van der Waals surface area (Å²) < 4.78 is 4.82. The first kappa shape index (κ1) is 15.3. The first-order chi connectivity index (χ1) is 8.74. The Morgan fingerprint density at radius 2 is 1.67 bits per heavy atom. The Morgan fingerprint density at radius 3 is 2.28 bits per heavy atom. The molecule has 1 aliphatic heterocycles. The number of amides is 1. The van der Waals surface area contributed by atoms with Crippen LogP contribution in [-0.4, -0.2) is 48.0 Å². The molecule has 0 aromatic carbocycles. The molecule has 0 unspecified atom stereocenters. The van der Waals surface area contributed by atoms with E-state index in [9.17, 15) is 9.59 Å². The van der Waals surface area contributed by atoms with E-state index in [0.29, 0.717) is 12.4 Å². The SMILES string of the molecule is CCOC(=O)CSCC(=O)N1CCCCCCC1. The lowest BCUT2D eigenvalue weighted by molar-refractivity contribution is -0.139. The lowest BCUT2D eigenvalue weighted by Gasteiger charge is -2.24. The smallest absolute Gasteiger partial charge is 0.315 e. The van der Waals surface area contributed by atoms with Crippen molar-refractivity contribution >= 4 is 23.6 Å². The minimum atomic E-state index is -0.233. The van der Waals surface area contributed by atoms with Crippen LogP contribution in [0.25, 0.3) is 0 Å². The summed E-state index contributed by atoms with van der Waals surface area (Å²) in [6.45, 7) is 3.94. The zero-order valence-electron chi connectivity index (χ0n) is 11.2. The van der Waals surface area contributed by atoms with Crippen LogP contribution < -0.4 is 0 Å². The molecule has 5 heteroatoms. The molecule has 0 bridgehead atoms. The monoisotopic (exact) mass is 273 g/mol. The van der Waals surface area contributed by atoms with E-state index in [2.05, 4.69) is 0 Å². The number of carbonyl (C=O) groups is 2. The van der Waals surface area contributed by atoms with Crippen molar-refractivity contribution in [2.75, 3.05) is 31.2 Å². The number of esters is 1. The van der Waals surface area contributed by atoms with Crippen LogP contribution in [0.15, 0.2) is 0 Å². The predicted octanol–water partition coefficient (Wildman–Crippen LogP) is 2.08. The normalized spacial score (nSPS) is 16.8. The highest BCUT2D eigenvalue weighted by molar-refractivity contribution is 8.00. The Kier molecular flexibility index (Phi) is 7.89. The molecule has 18 heavy (non-hydrogen) atoms. The quantitative estimate of drug-likeness (QED) is 0.720. The van der Waals surface area contributed by atoms with E-state index >= 15 is 0 Å². The fourth-order valence-electron chi connectivity index (χ4n) is 2.01. The number of ether oxygens (including phenoxy) is 1. The third-order valence-corrected chi connectivity index (χ3v) is 3.85. The number of hydrogen-bond acceptors (Lipinski definition) is 4. The van der Waals surface area contributed by atoms with Gasteiger partial charge in [-0.25, -0.2) is 0 Å². The molecular weight excluding hydrogens is 250 g/mol. The summed E-state index contributed by atoms with van der Waals surface area (Å²) in [6.07, 6.45) is 5.95. The van der Waals surface area contributed by atoms with E-state index in [1.807, 2.05) is 4.90 Å². The van der Waals surface area contributed by atoms with Gasteiger partial charge in [-0.05, 0) is 19.8 Å². The van der Waals surface area contributed by atoms with Gasteiger partial charge in [-0.2, -0.15) is 0 Å². The van der Waals surface area contributed by atoms with Crippen LogP contribution in [0.3, 0.4) is 0 Å². The summed E-state index contributed by atoms with van der Waals surface area (Å²) in [4.78, 5) is 25.0. The van der Waals surface area contributed by atoms with Gasteiger partial charge in [0.25, 0.3) is 0 Å². The average molecular weight is 273 g/mol.